The van der Waals surface area contributed by atoms with Gasteiger partial charge in [0.2, 0.25) is 0 Å². The zero-order valence-electron chi connectivity index (χ0n) is 13.1. The minimum atomic E-state index is -0.874. The van der Waals surface area contributed by atoms with Gasteiger partial charge in [-0.2, -0.15) is 0 Å². The predicted octanol–water partition coefficient (Wildman–Crippen LogP) is 2.94. The van der Waals surface area contributed by atoms with E-state index in [0.717, 1.165) is 11.1 Å². The quantitative estimate of drug-likeness (QED) is 0.833. The standard InChI is InChI=1S/C16H25NO3/c1-6-20-11-16(3,4)17(5)10-13-8-7-12(2)14(9-13)15(18)19/h7-9H,6,10-11H2,1-5H3,(H,18,19). The van der Waals surface area contributed by atoms with Gasteiger partial charge in [-0.05, 0) is 51.9 Å². The molecule has 20 heavy (non-hydrogen) atoms. The number of carboxylic acids is 1. The molecule has 1 aromatic rings. The molecule has 4 heteroatoms. The zero-order chi connectivity index (χ0) is 15.3. The average molecular weight is 279 g/mol. The third-order valence-electron chi connectivity index (χ3n) is 3.64. The molecule has 0 saturated carbocycles. The molecule has 1 aromatic carbocycles. The van der Waals surface area contributed by atoms with Crippen LogP contribution in [0, 0.1) is 6.92 Å². The molecule has 0 spiro atoms. The van der Waals surface area contributed by atoms with Crippen molar-refractivity contribution in [1.82, 2.24) is 4.90 Å². The fourth-order valence-corrected chi connectivity index (χ4v) is 1.95. The third-order valence-corrected chi connectivity index (χ3v) is 3.64. The number of hydrogen-bond acceptors (Lipinski definition) is 3. The molecular weight excluding hydrogens is 254 g/mol. The van der Waals surface area contributed by atoms with Gasteiger partial charge in [-0.1, -0.05) is 12.1 Å². The van der Waals surface area contributed by atoms with Gasteiger partial charge >= 0.3 is 5.97 Å². The number of likely N-dealkylation sites (N-methyl/N-ethyl adjacent to an activating group) is 1. The van der Waals surface area contributed by atoms with Gasteiger partial charge < -0.3 is 9.84 Å². The molecule has 0 bridgehead atoms. The van der Waals surface area contributed by atoms with E-state index in [2.05, 4.69) is 18.7 Å². The highest BCUT2D eigenvalue weighted by Gasteiger charge is 2.24. The topological polar surface area (TPSA) is 49.8 Å². The fourth-order valence-electron chi connectivity index (χ4n) is 1.95. The van der Waals surface area contributed by atoms with Gasteiger partial charge in [0.15, 0.2) is 0 Å². The highest BCUT2D eigenvalue weighted by atomic mass is 16.5. The van der Waals surface area contributed by atoms with E-state index < -0.39 is 5.97 Å². The van der Waals surface area contributed by atoms with Crippen LogP contribution in [0.1, 0.15) is 42.3 Å². The molecule has 1 N–H and O–H groups in total. The lowest BCUT2D eigenvalue weighted by atomic mass is 10.0. The lowest BCUT2D eigenvalue weighted by molar-refractivity contribution is 0.0261. The Hall–Kier alpha value is -1.39. The average Bonchev–Trinajstić information content (AvgIpc) is 2.38. The number of aryl methyl sites for hydroxylation is 1. The SMILES string of the molecule is CCOCC(C)(C)N(C)Cc1ccc(C)c(C(=O)O)c1. The van der Waals surface area contributed by atoms with Crippen LogP contribution in [0.25, 0.3) is 0 Å². The summed E-state index contributed by atoms with van der Waals surface area (Å²) in [5, 5.41) is 9.17. The van der Waals surface area contributed by atoms with Gasteiger partial charge in [-0.15, -0.1) is 0 Å². The molecular formula is C16H25NO3. The Kier molecular flexibility index (Phi) is 5.72. The summed E-state index contributed by atoms with van der Waals surface area (Å²) in [7, 11) is 2.03. The van der Waals surface area contributed by atoms with Crippen LogP contribution in [0.5, 0.6) is 0 Å². The number of benzene rings is 1. The normalized spacial score (nSPS) is 11.9. The summed E-state index contributed by atoms with van der Waals surface area (Å²) in [5.41, 5.74) is 2.07. The van der Waals surface area contributed by atoms with Crippen molar-refractivity contribution in [2.75, 3.05) is 20.3 Å². The first-order valence-electron chi connectivity index (χ1n) is 6.89. The van der Waals surface area contributed by atoms with Crippen LogP contribution >= 0.6 is 0 Å². The number of hydrogen-bond donors (Lipinski definition) is 1. The molecule has 0 aromatic heterocycles. The maximum atomic E-state index is 11.2. The van der Waals surface area contributed by atoms with E-state index in [1.54, 1.807) is 6.07 Å². The van der Waals surface area contributed by atoms with Crippen molar-refractivity contribution in [3.8, 4) is 0 Å². The second kappa shape index (κ2) is 6.86. The number of rotatable bonds is 7. The molecule has 0 saturated heterocycles. The van der Waals surface area contributed by atoms with Crippen molar-refractivity contribution >= 4 is 5.97 Å². The molecule has 0 radical (unpaired) electrons. The van der Waals surface area contributed by atoms with E-state index in [1.807, 2.05) is 33.0 Å². The maximum Gasteiger partial charge on any atom is 0.335 e. The molecule has 0 atom stereocenters. The van der Waals surface area contributed by atoms with Gasteiger partial charge in [-0.25, -0.2) is 4.79 Å². The summed E-state index contributed by atoms with van der Waals surface area (Å²) in [6.45, 7) is 10.1. The number of nitrogens with zero attached hydrogens (tertiary/aromatic N) is 1. The van der Waals surface area contributed by atoms with E-state index in [9.17, 15) is 4.79 Å². The second-order valence-corrected chi connectivity index (χ2v) is 5.76. The van der Waals surface area contributed by atoms with Gasteiger partial charge in [0.25, 0.3) is 0 Å². The second-order valence-electron chi connectivity index (χ2n) is 5.76. The van der Waals surface area contributed by atoms with Crippen molar-refractivity contribution in [2.45, 2.75) is 39.8 Å². The van der Waals surface area contributed by atoms with Crippen LogP contribution in [0.4, 0.5) is 0 Å². The molecule has 0 amide bonds. The summed E-state index contributed by atoms with van der Waals surface area (Å²) in [6.07, 6.45) is 0. The number of ether oxygens (including phenoxy) is 1. The first-order chi connectivity index (χ1) is 9.27. The molecule has 0 aliphatic rings. The predicted molar refractivity (Wildman–Crippen MR) is 80.2 cm³/mol. The lowest BCUT2D eigenvalue weighted by Crippen LogP contribution is -2.44. The first-order valence-corrected chi connectivity index (χ1v) is 6.89. The molecule has 0 aliphatic heterocycles. The largest absolute Gasteiger partial charge is 0.478 e. The van der Waals surface area contributed by atoms with E-state index >= 15 is 0 Å². The molecule has 0 unspecified atom stereocenters. The zero-order valence-corrected chi connectivity index (χ0v) is 13.1. The van der Waals surface area contributed by atoms with Crippen LogP contribution in [0.15, 0.2) is 18.2 Å². The Morgan fingerprint density at radius 2 is 2.05 bits per heavy atom. The van der Waals surface area contributed by atoms with E-state index in [4.69, 9.17) is 9.84 Å². The summed E-state index contributed by atoms with van der Waals surface area (Å²) in [4.78, 5) is 13.3. The van der Waals surface area contributed by atoms with Crippen molar-refractivity contribution in [2.24, 2.45) is 0 Å². The summed E-state index contributed by atoms with van der Waals surface area (Å²) < 4.78 is 5.50. The summed E-state index contributed by atoms with van der Waals surface area (Å²) in [6, 6.07) is 5.60. The van der Waals surface area contributed by atoms with E-state index in [1.165, 1.54) is 0 Å². The number of carbonyl (C=O) groups is 1. The minimum Gasteiger partial charge on any atom is -0.478 e. The van der Waals surface area contributed by atoms with Gasteiger partial charge in [0.1, 0.15) is 0 Å². The van der Waals surface area contributed by atoms with Crippen LogP contribution in [0.2, 0.25) is 0 Å². The molecule has 0 aliphatic carbocycles. The monoisotopic (exact) mass is 279 g/mol. The molecule has 4 nitrogen and oxygen atoms in total. The fraction of sp³-hybridized carbons (Fsp3) is 0.562. The van der Waals surface area contributed by atoms with Crippen molar-refractivity contribution < 1.29 is 14.6 Å². The number of aromatic carboxylic acids is 1. The van der Waals surface area contributed by atoms with Crippen molar-refractivity contribution in [1.29, 1.82) is 0 Å². The van der Waals surface area contributed by atoms with E-state index in [0.29, 0.717) is 25.3 Å². The van der Waals surface area contributed by atoms with Crippen LogP contribution in [-0.4, -0.2) is 41.8 Å². The Bertz CT molecular complexity index is 469. The Labute approximate surface area is 121 Å². The highest BCUT2D eigenvalue weighted by Crippen LogP contribution is 2.18. The smallest absolute Gasteiger partial charge is 0.335 e. The molecule has 0 heterocycles. The van der Waals surface area contributed by atoms with E-state index in [-0.39, 0.29) is 5.54 Å². The first kappa shape index (κ1) is 16.7. The maximum absolute atomic E-state index is 11.2. The van der Waals surface area contributed by atoms with Crippen LogP contribution < -0.4 is 0 Å². The Morgan fingerprint density at radius 1 is 1.40 bits per heavy atom. The third kappa shape index (κ3) is 4.32. The Balaban J connectivity index is 2.82. The Morgan fingerprint density at radius 3 is 2.60 bits per heavy atom. The molecule has 0 fully saturated rings. The van der Waals surface area contributed by atoms with Gasteiger partial charge in [-0.3, -0.25) is 4.90 Å². The van der Waals surface area contributed by atoms with Crippen LogP contribution in [-0.2, 0) is 11.3 Å². The summed E-state index contributed by atoms with van der Waals surface area (Å²) >= 11 is 0. The minimum absolute atomic E-state index is 0.0930. The van der Waals surface area contributed by atoms with Crippen LogP contribution in [0.3, 0.4) is 0 Å². The molecule has 1 rings (SSSR count). The molecule has 112 valence electrons. The van der Waals surface area contributed by atoms with Crippen molar-refractivity contribution in [3.05, 3.63) is 34.9 Å². The van der Waals surface area contributed by atoms with Gasteiger partial charge in [0.05, 0.1) is 12.2 Å². The summed E-state index contributed by atoms with van der Waals surface area (Å²) in [5.74, 6) is -0.874. The lowest BCUT2D eigenvalue weighted by Gasteiger charge is -2.35. The number of carboxylic acid groups (broad SMARTS) is 1. The highest BCUT2D eigenvalue weighted by molar-refractivity contribution is 5.89. The van der Waals surface area contributed by atoms with Crippen molar-refractivity contribution in [3.63, 3.8) is 0 Å². The van der Waals surface area contributed by atoms with Gasteiger partial charge in [0, 0.05) is 18.7 Å².